The molecule has 24 heavy (non-hydrogen) atoms. The Balaban J connectivity index is 1.82. The van der Waals surface area contributed by atoms with Crippen molar-refractivity contribution in [2.75, 3.05) is 7.11 Å². The summed E-state index contributed by atoms with van der Waals surface area (Å²) in [6.45, 7) is 0. The van der Waals surface area contributed by atoms with Crippen LogP contribution in [-0.2, 0) is 0 Å². The molecule has 122 valence electrons. The highest BCUT2D eigenvalue weighted by atomic mass is 16.6. The highest BCUT2D eigenvalue weighted by molar-refractivity contribution is 5.57. The van der Waals surface area contributed by atoms with E-state index in [1.807, 2.05) is 24.3 Å². The number of ether oxygens (including phenoxy) is 1. The molecule has 0 aliphatic heterocycles. The fourth-order valence-electron chi connectivity index (χ4n) is 2.24. The van der Waals surface area contributed by atoms with Gasteiger partial charge in [-0.25, -0.2) is 4.98 Å². The minimum Gasteiger partial charge on any atom is -0.497 e. The number of non-ortho nitro benzene ring substituents is 1. The average molecular weight is 325 g/mol. The summed E-state index contributed by atoms with van der Waals surface area (Å²) in [5, 5.41) is 17.6. The first-order chi connectivity index (χ1) is 11.6. The summed E-state index contributed by atoms with van der Waals surface area (Å²) in [5.74, 6) is 1.69. The molecule has 1 atom stereocenters. The number of hydrogen-bond donors (Lipinski definition) is 2. The van der Waals surface area contributed by atoms with Crippen molar-refractivity contribution < 1.29 is 9.66 Å². The number of aromatic nitrogens is 3. The van der Waals surface area contributed by atoms with E-state index in [9.17, 15) is 10.1 Å². The monoisotopic (exact) mass is 325 g/mol. The van der Waals surface area contributed by atoms with Gasteiger partial charge in [-0.15, -0.1) is 0 Å². The molecule has 0 saturated heterocycles. The quantitative estimate of drug-likeness (QED) is 0.549. The topological polar surface area (TPSA) is 120 Å². The first-order valence-corrected chi connectivity index (χ1v) is 7.15. The third kappa shape index (κ3) is 3.08. The molecular formula is C16H15N5O3. The van der Waals surface area contributed by atoms with Crippen LogP contribution in [0.15, 0.2) is 48.5 Å². The van der Waals surface area contributed by atoms with Gasteiger partial charge in [0, 0.05) is 17.7 Å². The Morgan fingerprint density at radius 2 is 1.83 bits per heavy atom. The van der Waals surface area contributed by atoms with Gasteiger partial charge in [-0.05, 0) is 29.8 Å². The van der Waals surface area contributed by atoms with Crippen molar-refractivity contribution in [3.8, 4) is 17.1 Å². The maximum atomic E-state index is 10.7. The Morgan fingerprint density at radius 1 is 1.17 bits per heavy atom. The summed E-state index contributed by atoms with van der Waals surface area (Å²) in [7, 11) is 1.60. The SMILES string of the molecule is COc1ccc([C@H](N)c2nc(-c3ccc([N+](=O)[O-])cc3)n[nH]2)cc1. The molecule has 3 N–H and O–H groups in total. The Bertz CT molecular complexity index is 843. The van der Waals surface area contributed by atoms with Gasteiger partial charge in [0.1, 0.15) is 11.6 Å². The van der Waals surface area contributed by atoms with Crippen LogP contribution in [0.5, 0.6) is 5.75 Å². The number of rotatable bonds is 5. The molecule has 3 rings (SSSR count). The van der Waals surface area contributed by atoms with Gasteiger partial charge in [-0.2, -0.15) is 5.10 Å². The largest absolute Gasteiger partial charge is 0.497 e. The van der Waals surface area contributed by atoms with E-state index in [1.165, 1.54) is 12.1 Å². The summed E-state index contributed by atoms with van der Waals surface area (Å²) in [5.41, 5.74) is 7.75. The van der Waals surface area contributed by atoms with Gasteiger partial charge >= 0.3 is 0 Å². The van der Waals surface area contributed by atoms with E-state index >= 15 is 0 Å². The number of methoxy groups -OCH3 is 1. The molecule has 3 aromatic rings. The molecule has 0 fully saturated rings. The van der Waals surface area contributed by atoms with Crippen molar-refractivity contribution in [2.45, 2.75) is 6.04 Å². The zero-order valence-corrected chi connectivity index (χ0v) is 12.8. The molecule has 8 nitrogen and oxygen atoms in total. The number of nitrogens with zero attached hydrogens (tertiary/aromatic N) is 3. The zero-order chi connectivity index (χ0) is 17.1. The molecule has 0 unspecified atom stereocenters. The third-order valence-corrected chi connectivity index (χ3v) is 3.61. The number of benzene rings is 2. The normalized spacial score (nSPS) is 11.9. The van der Waals surface area contributed by atoms with E-state index in [1.54, 1.807) is 19.2 Å². The highest BCUT2D eigenvalue weighted by Crippen LogP contribution is 2.23. The second-order valence-electron chi connectivity index (χ2n) is 5.10. The molecule has 0 aliphatic carbocycles. The number of nitro benzene ring substituents is 1. The Labute approximate surface area is 137 Å². The van der Waals surface area contributed by atoms with Gasteiger partial charge in [0.25, 0.3) is 5.69 Å². The van der Waals surface area contributed by atoms with Crippen LogP contribution in [0.2, 0.25) is 0 Å². The molecule has 8 heteroatoms. The van der Waals surface area contributed by atoms with Crippen LogP contribution in [0.1, 0.15) is 17.4 Å². The molecular weight excluding hydrogens is 310 g/mol. The zero-order valence-electron chi connectivity index (χ0n) is 12.8. The predicted octanol–water partition coefficient (Wildman–Crippen LogP) is 2.44. The lowest BCUT2D eigenvalue weighted by Crippen LogP contribution is -2.13. The molecule has 1 heterocycles. The van der Waals surface area contributed by atoms with E-state index in [-0.39, 0.29) is 5.69 Å². The minimum atomic E-state index is -0.463. The predicted molar refractivity (Wildman–Crippen MR) is 87.5 cm³/mol. The molecule has 0 spiro atoms. The molecule has 0 aliphatic rings. The van der Waals surface area contributed by atoms with Crippen molar-refractivity contribution >= 4 is 5.69 Å². The summed E-state index contributed by atoms with van der Waals surface area (Å²) in [6, 6.07) is 12.9. The van der Waals surface area contributed by atoms with Crippen LogP contribution >= 0.6 is 0 Å². The highest BCUT2D eigenvalue weighted by Gasteiger charge is 2.15. The van der Waals surface area contributed by atoms with Gasteiger partial charge in [-0.3, -0.25) is 15.2 Å². The van der Waals surface area contributed by atoms with Crippen LogP contribution in [0.25, 0.3) is 11.4 Å². The van der Waals surface area contributed by atoms with E-state index in [4.69, 9.17) is 10.5 Å². The van der Waals surface area contributed by atoms with Gasteiger partial charge in [0.15, 0.2) is 5.82 Å². The molecule has 0 bridgehead atoms. The Hall–Kier alpha value is -3.26. The van der Waals surface area contributed by atoms with Crippen LogP contribution in [-0.4, -0.2) is 27.2 Å². The van der Waals surface area contributed by atoms with Gasteiger partial charge < -0.3 is 10.5 Å². The second kappa shape index (κ2) is 6.47. The first kappa shape index (κ1) is 15.6. The van der Waals surface area contributed by atoms with Crippen LogP contribution < -0.4 is 10.5 Å². The Kier molecular flexibility index (Phi) is 4.21. The van der Waals surface area contributed by atoms with Crippen LogP contribution in [0.4, 0.5) is 5.69 Å². The van der Waals surface area contributed by atoms with E-state index in [0.717, 1.165) is 11.3 Å². The molecule has 2 aromatic carbocycles. The lowest BCUT2D eigenvalue weighted by Gasteiger charge is -2.09. The Morgan fingerprint density at radius 3 is 2.42 bits per heavy atom. The van der Waals surface area contributed by atoms with Gasteiger partial charge in [-0.1, -0.05) is 12.1 Å². The smallest absolute Gasteiger partial charge is 0.269 e. The summed E-state index contributed by atoms with van der Waals surface area (Å²) < 4.78 is 5.12. The number of aromatic amines is 1. The fraction of sp³-hybridized carbons (Fsp3) is 0.125. The molecule has 1 aromatic heterocycles. The minimum absolute atomic E-state index is 0.0180. The number of nitrogens with one attached hydrogen (secondary N) is 1. The molecule has 0 radical (unpaired) electrons. The standard InChI is InChI=1S/C16H15N5O3/c1-24-13-8-4-10(5-9-13)14(17)16-18-15(19-20-16)11-2-6-12(7-3-11)21(22)23/h2-9,14H,17H2,1H3,(H,18,19,20)/t14-/m0/s1. The van der Waals surface area contributed by atoms with Crippen LogP contribution in [0.3, 0.4) is 0 Å². The second-order valence-corrected chi connectivity index (χ2v) is 5.10. The van der Waals surface area contributed by atoms with Gasteiger partial charge in [0.2, 0.25) is 0 Å². The maximum absolute atomic E-state index is 10.7. The van der Waals surface area contributed by atoms with E-state index in [0.29, 0.717) is 17.2 Å². The van der Waals surface area contributed by atoms with E-state index < -0.39 is 11.0 Å². The fourth-order valence-corrected chi connectivity index (χ4v) is 2.24. The van der Waals surface area contributed by atoms with E-state index in [2.05, 4.69) is 15.2 Å². The lowest BCUT2D eigenvalue weighted by atomic mass is 10.1. The van der Waals surface area contributed by atoms with Crippen molar-refractivity contribution in [1.82, 2.24) is 15.2 Å². The molecule has 0 saturated carbocycles. The van der Waals surface area contributed by atoms with Gasteiger partial charge in [0.05, 0.1) is 18.1 Å². The number of nitrogens with two attached hydrogens (primary N) is 1. The number of H-pyrrole nitrogens is 1. The van der Waals surface area contributed by atoms with Crippen molar-refractivity contribution in [1.29, 1.82) is 0 Å². The number of hydrogen-bond acceptors (Lipinski definition) is 6. The lowest BCUT2D eigenvalue weighted by molar-refractivity contribution is -0.384. The summed E-state index contributed by atoms with van der Waals surface area (Å²) in [6.07, 6.45) is 0. The summed E-state index contributed by atoms with van der Waals surface area (Å²) >= 11 is 0. The van der Waals surface area contributed by atoms with Crippen molar-refractivity contribution in [2.24, 2.45) is 5.73 Å². The van der Waals surface area contributed by atoms with Crippen molar-refractivity contribution in [3.63, 3.8) is 0 Å². The van der Waals surface area contributed by atoms with Crippen LogP contribution in [0, 0.1) is 10.1 Å². The number of nitro groups is 1. The average Bonchev–Trinajstić information content (AvgIpc) is 3.11. The third-order valence-electron chi connectivity index (χ3n) is 3.61. The summed E-state index contributed by atoms with van der Waals surface area (Å²) in [4.78, 5) is 14.6. The molecule has 0 amide bonds. The first-order valence-electron chi connectivity index (χ1n) is 7.15. The van der Waals surface area contributed by atoms with Crippen molar-refractivity contribution in [3.05, 3.63) is 70.0 Å². The maximum Gasteiger partial charge on any atom is 0.269 e.